The summed E-state index contributed by atoms with van der Waals surface area (Å²) in [5, 5.41) is 0.794. The van der Waals surface area contributed by atoms with Crippen LogP contribution in [-0.2, 0) is 9.53 Å². The van der Waals surface area contributed by atoms with Crippen LogP contribution in [0.2, 0.25) is 5.02 Å². The highest BCUT2D eigenvalue weighted by Gasteiger charge is 1.87. The number of carbonyl (C=O) groups excluding carboxylic acids is 1. The van der Waals surface area contributed by atoms with Crippen LogP contribution < -0.4 is 5.73 Å². The molecular formula is C9H12ClNO2. The van der Waals surface area contributed by atoms with Gasteiger partial charge in [0.1, 0.15) is 0 Å². The van der Waals surface area contributed by atoms with E-state index in [0.29, 0.717) is 0 Å². The van der Waals surface area contributed by atoms with E-state index in [4.69, 9.17) is 17.3 Å². The van der Waals surface area contributed by atoms with Crippen molar-refractivity contribution >= 4 is 17.6 Å². The van der Waals surface area contributed by atoms with Crippen molar-refractivity contribution in [2.24, 2.45) is 5.73 Å². The lowest BCUT2D eigenvalue weighted by Crippen LogP contribution is -2.14. The van der Waals surface area contributed by atoms with Crippen molar-refractivity contribution in [3.63, 3.8) is 0 Å². The largest absolute Gasteiger partial charge is 0.468 e. The normalized spacial score (nSPS) is 8.23. The number of hydrogen-bond acceptors (Lipinski definition) is 3. The van der Waals surface area contributed by atoms with Crippen molar-refractivity contribution in [2.45, 2.75) is 0 Å². The molecule has 0 aliphatic heterocycles. The first kappa shape index (κ1) is 11.9. The Morgan fingerprint density at radius 3 is 2.15 bits per heavy atom. The number of esters is 1. The van der Waals surface area contributed by atoms with Crippen LogP contribution in [0.5, 0.6) is 0 Å². The van der Waals surface area contributed by atoms with Crippen LogP contribution in [0.3, 0.4) is 0 Å². The number of carbonyl (C=O) groups is 1. The van der Waals surface area contributed by atoms with Crippen LogP contribution in [0.1, 0.15) is 0 Å². The fourth-order valence-corrected chi connectivity index (χ4v) is 0.643. The molecule has 1 rings (SSSR count). The topological polar surface area (TPSA) is 52.3 Å². The lowest BCUT2D eigenvalue weighted by Gasteiger charge is -1.87. The molecule has 1 aromatic rings. The first-order valence-corrected chi connectivity index (χ1v) is 4.06. The molecule has 0 unspecified atom stereocenters. The molecule has 13 heavy (non-hydrogen) atoms. The van der Waals surface area contributed by atoms with Gasteiger partial charge in [-0.3, -0.25) is 4.79 Å². The van der Waals surface area contributed by atoms with Crippen molar-refractivity contribution in [3.05, 3.63) is 35.4 Å². The molecule has 1 aromatic carbocycles. The van der Waals surface area contributed by atoms with Gasteiger partial charge >= 0.3 is 5.97 Å². The molecule has 0 aromatic heterocycles. The van der Waals surface area contributed by atoms with Gasteiger partial charge in [-0.2, -0.15) is 0 Å². The van der Waals surface area contributed by atoms with Gasteiger partial charge in [-0.25, -0.2) is 0 Å². The van der Waals surface area contributed by atoms with Gasteiger partial charge in [-0.15, -0.1) is 0 Å². The lowest BCUT2D eigenvalue weighted by atomic mass is 10.4. The van der Waals surface area contributed by atoms with Crippen LogP contribution in [0, 0.1) is 0 Å². The van der Waals surface area contributed by atoms with Crippen LogP contribution in [0.25, 0.3) is 0 Å². The van der Waals surface area contributed by atoms with Gasteiger partial charge in [0, 0.05) is 5.02 Å². The van der Waals surface area contributed by atoms with E-state index in [2.05, 4.69) is 4.74 Å². The number of hydrogen-bond donors (Lipinski definition) is 1. The Hall–Kier alpha value is -1.06. The predicted molar refractivity (Wildman–Crippen MR) is 52.5 cm³/mol. The molecule has 0 atom stereocenters. The van der Waals surface area contributed by atoms with Crippen molar-refractivity contribution in [1.29, 1.82) is 0 Å². The summed E-state index contributed by atoms with van der Waals surface area (Å²) >= 11 is 5.54. The van der Waals surface area contributed by atoms with Gasteiger partial charge in [0.2, 0.25) is 0 Å². The molecule has 0 aliphatic carbocycles. The second-order valence-electron chi connectivity index (χ2n) is 2.08. The fourth-order valence-electron chi connectivity index (χ4n) is 0.498. The quantitative estimate of drug-likeness (QED) is 0.700. The van der Waals surface area contributed by atoms with E-state index in [0.717, 1.165) is 5.02 Å². The summed E-state index contributed by atoms with van der Waals surface area (Å²) < 4.78 is 4.14. The highest BCUT2D eigenvalue weighted by atomic mass is 35.5. The summed E-state index contributed by atoms with van der Waals surface area (Å²) in [5.74, 6) is -0.380. The summed E-state index contributed by atoms with van der Waals surface area (Å²) in [5.41, 5.74) is 4.81. The molecule has 0 radical (unpaired) electrons. The number of ether oxygens (including phenoxy) is 1. The summed E-state index contributed by atoms with van der Waals surface area (Å²) in [6, 6.07) is 9.44. The van der Waals surface area contributed by atoms with Gasteiger partial charge in [-0.05, 0) is 12.1 Å². The van der Waals surface area contributed by atoms with Gasteiger partial charge < -0.3 is 10.5 Å². The van der Waals surface area contributed by atoms with Crippen LogP contribution in [-0.4, -0.2) is 19.6 Å². The zero-order valence-corrected chi connectivity index (χ0v) is 8.12. The number of nitrogens with two attached hydrogens (primary N) is 1. The highest BCUT2D eigenvalue weighted by molar-refractivity contribution is 6.30. The molecule has 72 valence electrons. The average Bonchev–Trinajstić information content (AvgIpc) is 2.19. The molecular weight excluding hydrogens is 190 g/mol. The van der Waals surface area contributed by atoms with E-state index in [9.17, 15) is 4.79 Å². The van der Waals surface area contributed by atoms with Gasteiger partial charge in [0.05, 0.1) is 13.7 Å². The van der Waals surface area contributed by atoms with E-state index in [1.54, 1.807) is 0 Å². The van der Waals surface area contributed by atoms with E-state index in [-0.39, 0.29) is 12.5 Å². The molecule has 0 saturated carbocycles. The Labute approximate surface area is 82.5 Å². The zero-order chi connectivity index (χ0) is 10.1. The minimum Gasteiger partial charge on any atom is -0.468 e. The number of halogens is 1. The summed E-state index contributed by atoms with van der Waals surface area (Å²) in [4.78, 5) is 9.83. The Bertz CT molecular complexity index is 233. The maximum Gasteiger partial charge on any atom is 0.319 e. The summed E-state index contributed by atoms with van der Waals surface area (Å²) in [6.45, 7) is -0.0312. The average molecular weight is 202 g/mol. The highest BCUT2D eigenvalue weighted by Crippen LogP contribution is 2.03. The molecule has 0 fully saturated rings. The Morgan fingerprint density at radius 2 is 2.00 bits per heavy atom. The molecule has 0 amide bonds. The fraction of sp³-hybridized carbons (Fsp3) is 0.222. The van der Waals surface area contributed by atoms with Crippen molar-refractivity contribution in [1.82, 2.24) is 0 Å². The molecule has 4 heteroatoms. The maximum absolute atomic E-state index is 9.83. The van der Waals surface area contributed by atoms with Crippen LogP contribution >= 0.6 is 11.6 Å². The Kier molecular flexibility index (Phi) is 6.96. The second kappa shape index (κ2) is 7.58. The molecule has 0 saturated heterocycles. The summed E-state index contributed by atoms with van der Waals surface area (Å²) in [7, 11) is 1.30. The SMILES string of the molecule is COC(=O)CN.Clc1ccccc1. The van der Waals surface area contributed by atoms with Gasteiger partial charge in [-0.1, -0.05) is 29.8 Å². The second-order valence-corrected chi connectivity index (χ2v) is 2.51. The zero-order valence-electron chi connectivity index (χ0n) is 7.37. The molecule has 0 aliphatic rings. The molecule has 0 bridgehead atoms. The number of rotatable bonds is 1. The smallest absolute Gasteiger partial charge is 0.319 e. The van der Waals surface area contributed by atoms with Crippen molar-refractivity contribution in [2.75, 3.05) is 13.7 Å². The Balaban J connectivity index is 0.000000226. The minimum atomic E-state index is -0.380. The predicted octanol–water partition coefficient (Wildman–Crippen LogP) is 1.46. The van der Waals surface area contributed by atoms with Crippen LogP contribution in [0.15, 0.2) is 30.3 Å². The van der Waals surface area contributed by atoms with E-state index in [1.807, 2.05) is 30.3 Å². The standard InChI is InChI=1S/C6H5Cl.C3H7NO2/c7-6-4-2-1-3-5-6;1-6-3(5)2-4/h1-5H;2,4H2,1H3. The van der Waals surface area contributed by atoms with E-state index < -0.39 is 0 Å². The van der Waals surface area contributed by atoms with Gasteiger partial charge in [0.15, 0.2) is 0 Å². The van der Waals surface area contributed by atoms with Crippen molar-refractivity contribution < 1.29 is 9.53 Å². The minimum absolute atomic E-state index is 0.0312. The number of methoxy groups -OCH3 is 1. The van der Waals surface area contributed by atoms with Gasteiger partial charge in [0.25, 0.3) is 0 Å². The Morgan fingerprint density at radius 1 is 1.46 bits per heavy atom. The van der Waals surface area contributed by atoms with E-state index in [1.165, 1.54) is 7.11 Å². The molecule has 0 spiro atoms. The third-order valence-corrected chi connectivity index (χ3v) is 1.38. The molecule has 2 N–H and O–H groups in total. The lowest BCUT2D eigenvalue weighted by molar-refractivity contribution is -0.138. The first-order chi connectivity index (χ1) is 6.20. The first-order valence-electron chi connectivity index (χ1n) is 3.68. The molecule has 0 heterocycles. The third kappa shape index (κ3) is 7.31. The third-order valence-electron chi connectivity index (χ3n) is 1.13. The number of benzene rings is 1. The van der Waals surface area contributed by atoms with Crippen molar-refractivity contribution in [3.8, 4) is 0 Å². The van der Waals surface area contributed by atoms with E-state index >= 15 is 0 Å². The monoisotopic (exact) mass is 201 g/mol. The molecule has 3 nitrogen and oxygen atoms in total. The maximum atomic E-state index is 9.83. The summed E-state index contributed by atoms with van der Waals surface area (Å²) in [6.07, 6.45) is 0. The van der Waals surface area contributed by atoms with Crippen LogP contribution in [0.4, 0.5) is 0 Å².